The van der Waals surface area contributed by atoms with E-state index < -0.39 is 18.1 Å². The van der Waals surface area contributed by atoms with Gasteiger partial charge >= 0.3 is 5.97 Å². The molecule has 0 aliphatic carbocycles. The maximum Gasteiger partial charge on any atom is 0.326 e. The number of methoxy groups -OCH3 is 1. The lowest BCUT2D eigenvalue weighted by molar-refractivity contribution is -0.148. The molecule has 1 fully saturated rings. The maximum atomic E-state index is 11.8. The zero-order valence-electron chi connectivity index (χ0n) is 10.1. The number of carbonyl (C=O) groups excluding carboxylic acids is 1. The first-order valence-corrected chi connectivity index (χ1v) is 5.68. The fourth-order valence-electron chi connectivity index (χ4n) is 1.91. The Morgan fingerprint density at radius 1 is 1.53 bits per heavy atom. The third-order valence-corrected chi connectivity index (χ3v) is 3.05. The van der Waals surface area contributed by atoms with Crippen molar-refractivity contribution in [2.75, 3.05) is 13.7 Å². The van der Waals surface area contributed by atoms with E-state index in [0.717, 1.165) is 0 Å². The number of aliphatic hydroxyl groups is 1. The molecule has 0 bridgehead atoms. The van der Waals surface area contributed by atoms with Gasteiger partial charge in [-0.1, -0.05) is 0 Å². The molecule has 1 saturated heterocycles. The van der Waals surface area contributed by atoms with Gasteiger partial charge in [-0.05, 0) is 13.3 Å². The summed E-state index contributed by atoms with van der Waals surface area (Å²) >= 11 is 0. The molecule has 1 rings (SSSR count). The molecule has 6 heteroatoms. The molecule has 0 aromatic heterocycles. The lowest BCUT2D eigenvalue weighted by Gasteiger charge is -2.21. The molecule has 6 nitrogen and oxygen atoms in total. The van der Waals surface area contributed by atoms with Gasteiger partial charge in [-0.3, -0.25) is 4.79 Å². The zero-order chi connectivity index (χ0) is 13.0. The van der Waals surface area contributed by atoms with Crippen molar-refractivity contribution in [3.63, 3.8) is 0 Å². The molecule has 1 heterocycles. The molecule has 17 heavy (non-hydrogen) atoms. The van der Waals surface area contributed by atoms with Gasteiger partial charge in [-0.2, -0.15) is 0 Å². The second kappa shape index (κ2) is 5.97. The second-order valence-electron chi connectivity index (χ2n) is 4.37. The smallest absolute Gasteiger partial charge is 0.326 e. The van der Waals surface area contributed by atoms with Crippen molar-refractivity contribution >= 4 is 11.9 Å². The topological polar surface area (TPSA) is 87.1 Å². The second-order valence-corrected chi connectivity index (χ2v) is 4.37. The van der Waals surface area contributed by atoms with Crippen molar-refractivity contribution in [3.05, 3.63) is 0 Å². The molecule has 1 amide bonds. The van der Waals surface area contributed by atoms with E-state index in [1.165, 1.54) is 4.90 Å². The Hall–Kier alpha value is -1.14. The fourth-order valence-corrected chi connectivity index (χ4v) is 1.91. The summed E-state index contributed by atoms with van der Waals surface area (Å²) in [4.78, 5) is 24.0. The van der Waals surface area contributed by atoms with Crippen LogP contribution >= 0.6 is 0 Å². The van der Waals surface area contributed by atoms with Crippen molar-refractivity contribution < 1.29 is 24.5 Å². The number of amides is 1. The lowest BCUT2D eigenvalue weighted by atomic mass is 10.1. The van der Waals surface area contributed by atoms with Crippen LogP contribution < -0.4 is 0 Å². The molecule has 0 aromatic rings. The van der Waals surface area contributed by atoms with Crippen LogP contribution in [0.4, 0.5) is 0 Å². The molecule has 1 aliphatic heterocycles. The number of carboxylic acids is 1. The number of ether oxygens (including phenoxy) is 1. The van der Waals surface area contributed by atoms with Gasteiger partial charge in [0.05, 0.1) is 12.2 Å². The van der Waals surface area contributed by atoms with E-state index in [1.807, 2.05) is 6.92 Å². The first kappa shape index (κ1) is 13.9. The van der Waals surface area contributed by atoms with Gasteiger partial charge < -0.3 is 19.8 Å². The number of rotatable bonds is 5. The minimum Gasteiger partial charge on any atom is -0.480 e. The quantitative estimate of drug-likeness (QED) is 0.703. The number of aliphatic carboxylic acids is 1. The summed E-state index contributed by atoms with van der Waals surface area (Å²) in [6, 6.07) is -0.893. The van der Waals surface area contributed by atoms with Gasteiger partial charge in [-0.25, -0.2) is 4.79 Å². The van der Waals surface area contributed by atoms with Crippen LogP contribution in [0.1, 0.15) is 26.2 Å². The Morgan fingerprint density at radius 2 is 2.18 bits per heavy atom. The van der Waals surface area contributed by atoms with E-state index in [2.05, 4.69) is 0 Å². The van der Waals surface area contributed by atoms with E-state index in [1.54, 1.807) is 7.11 Å². The van der Waals surface area contributed by atoms with Crippen molar-refractivity contribution in [2.45, 2.75) is 44.4 Å². The van der Waals surface area contributed by atoms with Gasteiger partial charge in [0.15, 0.2) is 0 Å². The van der Waals surface area contributed by atoms with Crippen LogP contribution in [0.3, 0.4) is 0 Å². The Kier molecular flexibility index (Phi) is 4.89. The zero-order valence-corrected chi connectivity index (χ0v) is 10.1. The third-order valence-electron chi connectivity index (χ3n) is 3.05. The minimum absolute atomic E-state index is 0.0326. The van der Waals surface area contributed by atoms with E-state index in [4.69, 9.17) is 9.84 Å². The van der Waals surface area contributed by atoms with Crippen LogP contribution in [0.2, 0.25) is 0 Å². The summed E-state index contributed by atoms with van der Waals surface area (Å²) in [6.07, 6.45) is 0.135. The molecule has 98 valence electrons. The van der Waals surface area contributed by atoms with Crippen LogP contribution in [0.25, 0.3) is 0 Å². The lowest BCUT2D eigenvalue weighted by Crippen LogP contribution is -2.40. The van der Waals surface area contributed by atoms with E-state index in [9.17, 15) is 14.7 Å². The van der Waals surface area contributed by atoms with Crippen molar-refractivity contribution in [3.8, 4) is 0 Å². The summed E-state index contributed by atoms with van der Waals surface area (Å²) in [5.41, 5.74) is 0. The van der Waals surface area contributed by atoms with Crippen molar-refractivity contribution in [1.29, 1.82) is 0 Å². The predicted octanol–water partition coefficient (Wildman–Crippen LogP) is -0.152. The van der Waals surface area contributed by atoms with Gasteiger partial charge in [0.1, 0.15) is 6.04 Å². The van der Waals surface area contributed by atoms with Gasteiger partial charge in [0.2, 0.25) is 5.91 Å². The number of aliphatic hydroxyl groups excluding tert-OH is 1. The molecule has 0 aromatic carbocycles. The standard InChI is InChI=1S/C11H19NO5/c1-7(17-2)3-4-10(14)12-6-8(13)5-9(12)11(15)16/h7-9,13H,3-6H2,1-2H3,(H,15,16)/t7?,8-,9+/m1/s1. The molecule has 0 radical (unpaired) electrons. The normalized spacial score (nSPS) is 25.9. The largest absolute Gasteiger partial charge is 0.480 e. The summed E-state index contributed by atoms with van der Waals surface area (Å²) in [6.45, 7) is 1.96. The SMILES string of the molecule is COC(C)CCC(=O)N1C[C@H](O)C[C@H]1C(=O)O. The minimum atomic E-state index is -1.06. The summed E-state index contributed by atoms with van der Waals surface area (Å²) in [7, 11) is 1.56. The van der Waals surface area contributed by atoms with Crippen LogP contribution in [-0.2, 0) is 14.3 Å². The average Bonchev–Trinajstić information content (AvgIpc) is 2.67. The Labute approximate surface area is 100 Å². The molecule has 1 unspecified atom stereocenters. The highest BCUT2D eigenvalue weighted by Gasteiger charge is 2.38. The number of likely N-dealkylation sites (tertiary alicyclic amines) is 1. The number of hydrogen-bond acceptors (Lipinski definition) is 4. The number of nitrogens with zero attached hydrogens (tertiary/aromatic N) is 1. The highest BCUT2D eigenvalue weighted by atomic mass is 16.5. The first-order valence-electron chi connectivity index (χ1n) is 5.68. The van der Waals surface area contributed by atoms with Gasteiger partial charge in [0.25, 0.3) is 0 Å². The van der Waals surface area contributed by atoms with Gasteiger partial charge in [0, 0.05) is 26.5 Å². The van der Waals surface area contributed by atoms with E-state index in [0.29, 0.717) is 6.42 Å². The van der Waals surface area contributed by atoms with Crippen LogP contribution in [0.5, 0.6) is 0 Å². The van der Waals surface area contributed by atoms with Crippen molar-refractivity contribution in [1.82, 2.24) is 4.90 Å². The number of carbonyl (C=O) groups is 2. The Morgan fingerprint density at radius 3 is 2.71 bits per heavy atom. The molecular formula is C11H19NO5. The summed E-state index contributed by atoms with van der Waals surface area (Å²) in [5, 5.41) is 18.4. The molecule has 1 aliphatic rings. The van der Waals surface area contributed by atoms with E-state index in [-0.39, 0.29) is 31.4 Å². The Balaban J connectivity index is 2.52. The summed E-state index contributed by atoms with van der Waals surface area (Å²) < 4.78 is 5.02. The highest BCUT2D eigenvalue weighted by Crippen LogP contribution is 2.20. The average molecular weight is 245 g/mol. The van der Waals surface area contributed by atoms with Crippen molar-refractivity contribution in [2.24, 2.45) is 0 Å². The summed E-state index contributed by atoms with van der Waals surface area (Å²) in [5.74, 6) is -1.30. The molecule has 3 atom stereocenters. The molecule has 0 saturated carbocycles. The highest BCUT2D eigenvalue weighted by molar-refractivity contribution is 5.84. The fraction of sp³-hybridized carbons (Fsp3) is 0.818. The van der Waals surface area contributed by atoms with Crippen LogP contribution in [-0.4, -0.2) is 58.9 Å². The van der Waals surface area contributed by atoms with Crippen LogP contribution in [0, 0.1) is 0 Å². The molecule has 2 N–H and O–H groups in total. The van der Waals surface area contributed by atoms with Crippen LogP contribution in [0.15, 0.2) is 0 Å². The Bertz CT molecular complexity index is 294. The first-order chi connectivity index (χ1) is 7.95. The van der Waals surface area contributed by atoms with Gasteiger partial charge in [-0.15, -0.1) is 0 Å². The van der Waals surface area contributed by atoms with E-state index >= 15 is 0 Å². The monoisotopic (exact) mass is 245 g/mol. The molecular weight excluding hydrogens is 226 g/mol. The maximum absolute atomic E-state index is 11.8. The predicted molar refractivity (Wildman–Crippen MR) is 59.5 cm³/mol. The number of β-amino-alcohol motifs (C(OH)–C–C–N with tert-alkyl or cyclic N) is 1. The number of hydrogen-bond donors (Lipinski definition) is 2. The molecule has 0 spiro atoms. The number of carboxylic acid groups (broad SMARTS) is 1. The third kappa shape index (κ3) is 3.67.